The number of carbonyl (C=O) groups is 1. The third-order valence-corrected chi connectivity index (χ3v) is 2.80. The van der Waals surface area contributed by atoms with Gasteiger partial charge >= 0.3 is 5.97 Å². The van der Waals surface area contributed by atoms with Crippen molar-refractivity contribution in [3.63, 3.8) is 0 Å². The van der Waals surface area contributed by atoms with Crippen LogP contribution in [0.25, 0.3) is 0 Å². The zero-order valence-electron chi connectivity index (χ0n) is 9.61. The standard InChI is InChI=1S/C12H15BrO4/c1-16-9-5-6-11(10(13)8-9)17-7-3-2-4-12(14)15/h5-6,8H,2-4,7H2,1H3,(H,14,15). The predicted octanol–water partition coefficient (Wildman–Crippen LogP) is 3.09. The molecule has 0 amide bonds. The molecule has 4 nitrogen and oxygen atoms in total. The van der Waals surface area contributed by atoms with Gasteiger partial charge in [-0.1, -0.05) is 0 Å². The van der Waals surface area contributed by atoms with Crippen molar-refractivity contribution >= 4 is 21.9 Å². The van der Waals surface area contributed by atoms with Crippen molar-refractivity contribution in [2.24, 2.45) is 0 Å². The smallest absolute Gasteiger partial charge is 0.303 e. The molecule has 0 aliphatic heterocycles. The molecular formula is C12H15BrO4. The summed E-state index contributed by atoms with van der Waals surface area (Å²) in [5, 5.41) is 8.47. The summed E-state index contributed by atoms with van der Waals surface area (Å²) in [5.74, 6) is 0.729. The molecule has 0 fully saturated rings. The van der Waals surface area contributed by atoms with Gasteiger partial charge < -0.3 is 14.6 Å². The highest BCUT2D eigenvalue weighted by Crippen LogP contribution is 2.29. The van der Waals surface area contributed by atoms with Crippen LogP contribution in [-0.4, -0.2) is 24.8 Å². The number of carboxylic acids is 1. The Bertz CT molecular complexity index is 379. The molecule has 0 aliphatic rings. The maximum absolute atomic E-state index is 10.3. The molecule has 17 heavy (non-hydrogen) atoms. The Hall–Kier alpha value is -1.23. The molecule has 1 N–H and O–H groups in total. The Balaban J connectivity index is 2.34. The first-order chi connectivity index (χ1) is 8.13. The van der Waals surface area contributed by atoms with E-state index in [4.69, 9.17) is 14.6 Å². The van der Waals surface area contributed by atoms with Gasteiger partial charge in [-0.15, -0.1) is 0 Å². The van der Waals surface area contributed by atoms with Crippen molar-refractivity contribution in [1.82, 2.24) is 0 Å². The number of benzene rings is 1. The fraction of sp³-hybridized carbons (Fsp3) is 0.417. The minimum absolute atomic E-state index is 0.188. The molecule has 1 aromatic rings. The maximum Gasteiger partial charge on any atom is 0.303 e. The van der Waals surface area contributed by atoms with Gasteiger partial charge in [0.2, 0.25) is 0 Å². The summed E-state index contributed by atoms with van der Waals surface area (Å²) in [6.07, 6.45) is 1.54. The third kappa shape index (κ3) is 5.08. The largest absolute Gasteiger partial charge is 0.497 e. The second-order valence-electron chi connectivity index (χ2n) is 3.50. The van der Waals surface area contributed by atoms with Crippen LogP contribution in [0, 0.1) is 0 Å². The van der Waals surface area contributed by atoms with Crippen molar-refractivity contribution in [2.75, 3.05) is 13.7 Å². The summed E-state index contributed by atoms with van der Waals surface area (Å²) >= 11 is 3.38. The van der Waals surface area contributed by atoms with Gasteiger partial charge in [-0.25, -0.2) is 0 Å². The number of aliphatic carboxylic acids is 1. The van der Waals surface area contributed by atoms with Crippen LogP contribution in [0.3, 0.4) is 0 Å². The molecule has 0 aromatic heterocycles. The summed E-state index contributed by atoms with van der Waals surface area (Å²) in [4.78, 5) is 10.3. The van der Waals surface area contributed by atoms with E-state index in [1.165, 1.54) is 0 Å². The highest BCUT2D eigenvalue weighted by atomic mass is 79.9. The number of unbranched alkanes of at least 4 members (excludes halogenated alkanes) is 1. The van der Waals surface area contributed by atoms with Gasteiger partial charge in [0, 0.05) is 6.42 Å². The van der Waals surface area contributed by atoms with Gasteiger partial charge in [0.25, 0.3) is 0 Å². The molecular weight excluding hydrogens is 288 g/mol. The van der Waals surface area contributed by atoms with E-state index in [1.54, 1.807) is 7.11 Å². The van der Waals surface area contributed by atoms with Crippen LogP contribution in [0.15, 0.2) is 22.7 Å². The van der Waals surface area contributed by atoms with Gasteiger partial charge in [0.15, 0.2) is 0 Å². The van der Waals surface area contributed by atoms with E-state index in [9.17, 15) is 4.79 Å². The van der Waals surface area contributed by atoms with Crippen molar-refractivity contribution in [3.8, 4) is 11.5 Å². The number of carboxylic acid groups (broad SMARTS) is 1. The Morgan fingerprint density at radius 3 is 2.76 bits per heavy atom. The zero-order valence-corrected chi connectivity index (χ0v) is 11.2. The molecule has 1 aromatic carbocycles. The second-order valence-corrected chi connectivity index (χ2v) is 4.35. The molecule has 0 spiro atoms. The Kier molecular flexibility index (Phi) is 5.83. The topological polar surface area (TPSA) is 55.8 Å². The van der Waals surface area contributed by atoms with Gasteiger partial charge in [-0.3, -0.25) is 4.79 Å². The minimum Gasteiger partial charge on any atom is -0.497 e. The van der Waals surface area contributed by atoms with E-state index in [-0.39, 0.29) is 6.42 Å². The zero-order chi connectivity index (χ0) is 12.7. The van der Waals surface area contributed by atoms with Crippen molar-refractivity contribution in [1.29, 1.82) is 0 Å². The van der Waals surface area contributed by atoms with E-state index >= 15 is 0 Å². The van der Waals surface area contributed by atoms with Crippen molar-refractivity contribution < 1.29 is 19.4 Å². The lowest BCUT2D eigenvalue weighted by molar-refractivity contribution is -0.137. The van der Waals surface area contributed by atoms with Gasteiger partial charge in [0.1, 0.15) is 11.5 Å². The summed E-state index contributed by atoms with van der Waals surface area (Å²) in [5.41, 5.74) is 0. The van der Waals surface area contributed by atoms with Gasteiger partial charge in [0.05, 0.1) is 18.2 Å². The minimum atomic E-state index is -0.768. The number of hydrogen-bond donors (Lipinski definition) is 1. The lowest BCUT2D eigenvalue weighted by atomic mass is 10.2. The van der Waals surface area contributed by atoms with E-state index < -0.39 is 5.97 Å². The lowest BCUT2D eigenvalue weighted by Crippen LogP contribution is -2.00. The first-order valence-corrected chi connectivity index (χ1v) is 6.11. The van der Waals surface area contributed by atoms with Gasteiger partial charge in [-0.2, -0.15) is 0 Å². The Morgan fingerprint density at radius 2 is 2.18 bits per heavy atom. The summed E-state index contributed by atoms with van der Waals surface area (Å²) in [7, 11) is 1.61. The first-order valence-electron chi connectivity index (χ1n) is 5.31. The second kappa shape index (κ2) is 7.17. The molecule has 1 rings (SSSR count). The molecule has 0 aliphatic carbocycles. The van der Waals surface area contributed by atoms with E-state index in [1.807, 2.05) is 18.2 Å². The molecule has 0 unspecified atom stereocenters. The van der Waals surface area contributed by atoms with Crippen LogP contribution >= 0.6 is 15.9 Å². The molecule has 0 atom stereocenters. The van der Waals surface area contributed by atoms with Crippen LogP contribution in [0.1, 0.15) is 19.3 Å². The highest BCUT2D eigenvalue weighted by molar-refractivity contribution is 9.10. The molecule has 0 heterocycles. The molecule has 94 valence electrons. The molecule has 0 radical (unpaired) electrons. The Labute approximate surface area is 109 Å². The number of halogens is 1. The molecule has 0 saturated carbocycles. The summed E-state index contributed by atoms with van der Waals surface area (Å²) in [6.45, 7) is 0.512. The van der Waals surface area contributed by atoms with Crippen LogP contribution in [-0.2, 0) is 4.79 Å². The fourth-order valence-electron chi connectivity index (χ4n) is 1.29. The summed E-state index contributed by atoms with van der Waals surface area (Å²) in [6, 6.07) is 5.46. The fourth-order valence-corrected chi connectivity index (χ4v) is 1.76. The SMILES string of the molecule is COc1ccc(OCCCCC(=O)O)c(Br)c1. The van der Waals surface area contributed by atoms with E-state index in [2.05, 4.69) is 15.9 Å². The van der Waals surface area contributed by atoms with Crippen LogP contribution < -0.4 is 9.47 Å². The molecule has 5 heteroatoms. The van der Waals surface area contributed by atoms with Gasteiger partial charge in [-0.05, 0) is 47.0 Å². The first kappa shape index (κ1) is 13.8. The quantitative estimate of drug-likeness (QED) is 0.786. The lowest BCUT2D eigenvalue weighted by Gasteiger charge is -2.09. The number of rotatable bonds is 7. The normalized spacial score (nSPS) is 10.0. The van der Waals surface area contributed by atoms with Crippen LogP contribution in [0.2, 0.25) is 0 Å². The average Bonchev–Trinajstić information content (AvgIpc) is 2.30. The third-order valence-electron chi connectivity index (χ3n) is 2.18. The highest BCUT2D eigenvalue weighted by Gasteiger charge is 2.03. The number of methoxy groups -OCH3 is 1. The maximum atomic E-state index is 10.3. The van der Waals surface area contributed by atoms with Crippen molar-refractivity contribution in [3.05, 3.63) is 22.7 Å². The monoisotopic (exact) mass is 302 g/mol. The molecule has 0 saturated heterocycles. The predicted molar refractivity (Wildman–Crippen MR) is 67.7 cm³/mol. The van der Waals surface area contributed by atoms with E-state index in [0.717, 1.165) is 22.4 Å². The number of hydrogen-bond acceptors (Lipinski definition) is 3. The summed E-state index contributed by atoms with van der Waals surface area (Å²) < 4.78 is 11.4. The van der Waals surface area contributed by atoms with E-state index in [0.29, 0.717) is 13.0 Å². The average molecular weight is 303 g/mol. The van der Waals surface area contributed by atoms with Crippen molar-refractivity contribution in [2.45, 2.75) is 19.3 Å². The Morgan fingerprint density at radius 1 is 1.41 bits per heavy atom. The number of ether oxygens (including phenoxy) is 2. The molecule has 0 bridgehead atoms. The van der Waals surface area contributed by atoms with Crippen LogP contribution in [0.5, 0.6) is 11.5 Å². The van der Waals surface area contributed by atoms with Crippen LogP contribution in [0.4, 0.5) is 0 Å².